The van der Waals surface area contributed by atoms with Gasteiger partial charge in [-0.15, -0.1) is 0 Å². The molecule has 0 N–H and O–H groups in total. The van der Waals surface area contributed by atoms with Gasteiger partial charge in [0.1, 0.15) is 0 Å². The highest BCUT2D eigenvalue weighted by molar-refractivity contribution is 5.78. The van der Waals surface area contributed by atoms with Gasteiger partial charge < -0.3 is 9.64 Å². The molecule has 5 nitrogen and oxygen atoms in total. The van der Waals surface area contributed by atoms with Crippen LogP contribution in [-0.2, 0) is 28.9 Å². The molecule has 2 aromatic rings. The normalized spacial score (nSPS) is 15.1. The van der Waals surface area contributed by atoms with E-state index in [-0.39, 0.29) is 5.91 Å². The molecule has 0 bridgehead atoms. The second-order valence-corrected chi connectivity index (χ2v) is 8.11. The standard InChI is InChI=1S/C24H33N3O2/c1-26(14-15-29-2)19-22-7-5-20(6-8-22)16-21-9-12-27(13-10-21)24(28)17-23-4-3-11-25-18-23/h3-8,11,18,21H,9-10,12-17,19H2,1-2H3. The first-order chi connectivity index (χ1) is 14.1. The first-order valence-electron chi connectivity index (χ1n) is 10.6. The molecule has 1 aromatic carbocycles. The molecule has 1 aliphatic rings. The molecule has 0 atom stereocenters. The van der Waals surface area contributed by atoms with Crippen LogP contribution in [0.4, 0.5) is 0 Å². The fourth-order valence-corrected chi connectivity index (χ4v) is 3.93. The van der Waals surface area contributed by atoms with Crippen LogP contribution >= 0.6 is 0 Å². The number of piperidine rings is 1. The Balaban J connectivity index is 1.41. The number of pyridine rings is 1. The van der Waals surface area contributed by atoms with Crippen molar-refractivity contribution >= 4 is 5.91 Å². The second kappa shape index (κ2) is 11.1. The molecular formula is C24H33N3O2. The average Bonchev–Trinajstić information content (AvgIpc) is 2.75. The lowest BCUT2D eigenvalue weighted by molar-refractivity contribution is -0.131. The third-order valence-electron chi connectivity index (χ3n) is 5.72. The minimum atomic E-state index is 0.221. The highest BCUT2D eigenvalue weighted by Gasteiger charge is 2.23. The van der Waals surface area contributed by atoms with Crippen molar-refractivity contribution in [2.24, 2.45) is 5.92 Å². The minimum absolute atomic E-state index is 0.221. The van der Waals surface area contributed by atoms with Crippen LogP contribution in [0.5, 0.6) is 0 Å². The summed E-state index contributed by atoms with van der Waals surface area (Å²) in [4.78, 5) is 20.9. The number of hydrogen-bond donors (Lipinski definition) is 0. The number of carbonyl (C=O) groups is 1. The van der Waals surface area contributed by atoms with Gasteiger partial charge >= 0.3 is 0 Å². The molecule has 0 aliphatic carbocycles. The zero-order valence-corrected chi connectivity index (χ0v) is 17.7. The molecule has 3 rings (SSSR count). The van der Waals surface area contributed by atoms with Crippen molar-refractivity contribution < 1.29 is 9.53 Å². The van der Waals surface area contributed by atoms with Gasteiger partial charge in [-0.1, -0.05) is 30.3 Å². The fraction of sp³-hybridized carbons (Fsp3) is 0.500. The Kier molecular flexibility index (Phi) is 8.20. The number of likely N-dealkylation sites (tertiary alicyclic amines) is 1. The summed E-state index contributed by atoms with van der Waals surface area (Å²) in [5, 5.41) is 0. The monoisotopic (exact) mass is 395 g/mol. The number of carbonyl (C=O) groups excluding carboxylic acids is 1. The molecule has 1 aliphatic heterocycles. The molecule has 1 aromatic heterocycles. The second-order valence-electron chi connectivity index (χ2n) is 8.11. The molecule has 156 valence electrons. The maximum atomic E-state index is 12.5. The zero-order valence-electron chi connectivity index (χ0n) is 17.7. The topological polar surface area (TPSA) is 45.7 Å². The van der Waals surface area contributed by atoms with E-state index in [4.69, 9.17) is 4.74 Å². The highest BCUT2D eigenvalue weighted by Crippen LogP contribution is 2.22. The van der Waals surface area contributed by atoms with Crippen molar-refractivity contribution in [3.63, 3.8) is 0 Å². The lowest BCUT2D eigenvalue weighted by Crippen LogP contribution is -2.39. The number of likely N-dealkylation sites (N-methyl/N-ethyl adjacent to an activating group) is 1. The minimum Gasteiger partial charge on any atom is -0.383 e. The smallest absolute Gasteiger partial charge is 0.227 e. The average molecular weight is 396 g/mol. The van der Waals surface area contributed by atoms with Gasteiger partial charge in [0.25, 0.3) is 0 Å². The van der Waals surface area contributed by atoms with E-state index in [9.17, 15) is 4.79 Å². The van der Waals surface area contributed by atoms with Crippen LogP contribution in [0.2, 0.25) is 0 Å². The molecule has 0 spiro atoms. The predicted octanol–water partition coefficient (Wildman–Crippen LogP) is 3.18. The van der Waals surface area contributed by atoms with Crippen LogP contribution in [0.15, 0.2) is 48.8 Å². The lowest BCUT2D eigenvalue weighted by atomic mass is 9.89. The molecule has 0 radical (unpaired) electrons. The predicted molar refractivity (Wildman–Crippen MR) is 116 cm³/mol. The van der Waals surface area contributed by atoms with Crippen molar-refractivity contribution in [3.8, 4) is 0 Å². The van der Waals surface area contributed by atoms with Gasteiger partial charge in [-0.25, -0.2) is 0 Å². The van der Waals surface area contributed by atoms with E-state index in [0.29, 0.717) is 12.3 Å². The Hall–Kier alpha value is -2.24. The number of ether oxygens (including phenoxy) is 1. The molecule has 1 amide bonds. The van der Waals surface area contributed by atoms with Crippen molar-refractivity contribution in [2.75, 3.05) is 40.4 Å². The summed E-state index contributed by atoms with van der Waals surface area (Å²) in [6, 6.07) is 12.9. The van der Waals surface area contributed by atoms with Crippen molar-refractivity contribution in [1.29, 1.82) is 0 Å². The summed E-state index contributed by atoms with van der Waals surface area (Å²) in [6.45, 7) is 4.38. The van der Waals surface area contributed by atoms with Crippen LogP contribution in [0.25, 0.3) is 0 Å². The lowest BCUT2D eigenvalue weighted by Gasteiger charge is -2.32. The highest BCUT2D eigenvalue weighted by atomic mass is 16.5. The molecule has 2 heterocycles. The van der Waals surface area contributed by atoms with Gasteiger partial charge in [0.2, 0.25) is 5.91 Å². The Bertz CT molecular complexity index is 740. The van der Waals surface area contributed by atoms with E-state index in [1.807, 2.05) is 17.0 Å². The maximum Gasteiger partial charge on any atom is 0.227 e. The number of nitrogens with zero attached hydrogens (tertiary/aromatic N) is 3. The Morgan fingerprint density at radius 3 is 2.52 bits per heavy atom. The molecular weight excluding hydrogens is 362 g/mol. The van der Waals surface area contributed by atoms with Gasteiger partial charge in [0, 0.05) is 45.7 Å². The van der Waals surface area contributed by atoms with E-state index in [0.717, 1.165) is 57.6 Å². The summed E-state index contributed by atoms with van der Waals surface area (Å²) in [5.41, 5.74) is 3.73. The third-order valence-corrected chi connectivity index (χ3v) is 5.72. The molecule has 1 saturated heterocycles. The van der Waals surface area contributed by atoms with Crippen molar-refractivity contribution in [1.82, 2.24) is 14.8 Å². The molecule has 29 heavy (non-hydrogen) atoms. The molecule has 0 saturated carbocycles. The molecule has 5 heteroatoms. The van der Waals surface area contributed by atoms with Gasteiger partial charge in [0.15, 0.2) is 0 Å². The van der Waals surface area contributed by atoms with E-state index in [2.05, 4.69) is 41.2 Å². The number of methoxy groups -OCH3 is 1. The third kappa shape index (κ3) is 6.94. The Morgan fingerprint density at radius 1 is 1.14 bits per heavy atom. The van der Waals surface area contributed by atoms with E-state index >= 15 is 0 Å². The summed E-state index contributed by atoms with van der Waals surface area (Å²) in [7, 11) is 3.86. The zero-order chi connectivity index (χ0) is 20.5. The number of amides is 1. The van der Waals surface area contributed by atoms with E-state index in [1.54, 1.807) is 19.5 Å². The summed E-state index contributed by atoms with van der Waals surface area (Å²) < 4.78 is 5.14. The largest absolute Gasteiger partial charge is 0.383 e. The van der Waals surface area contributed by atoms with Gasteiger partial charge in [-0.2, -0.15) is 0 Å². The number of aromatic nitrogens is 1. The van der Waals surface area contributed by atoms with E-state index in [1.165, 1.54) is 11.1 Å². The first-order valence-corrected chi connectivity index (χ1v) is 10.6. The quantitative estimate of drug-likeness (QED) is 0.654. The summed E-state index contributed by atoms with van der Waals surface area (Å²) in [5.74, 6) is 0.881. The van der Waals surface area contributed by atoms with Crippen LogP contribution < -0.4 is 0 Å². The molecule has 1 fully saturated rings. The van der Waals surface area contributed by atoms with Crippen LogP contribution in [-0.4, -0.2) is 61.1 Å². The maximum absolute atomic E-state index is 12.5. The van der Waals surface area contributed by atoms with Crippen molar-refractivity contribution in [3.05, 3.63) is 65.5 Å². The number of benzene rings is 1. The van der Waals surface area contributed by atoms with E-state index < -0.39 is 0 Å². The van der Waals surface area contributed by atoms with Gasteiger partial charge in [-0.3, -0.25) is 14.7 Å². The number of rotatable bonds is 9. The van der Waals surface area contributed by atoms with Crippen molar-refractivity contribution in [2.45, 2.75) is 32.2 Å². The fourth-order valence-electron chi connectivity index (χ4n) is 3.93. The number of hydrogen-bond acceptors (Lipinski definition) is 4. The Labute approximate surface area is 174 Å². The van der Waals surface area contributed by atoms with Crippen LogP contribution in [0, 0.1) is 5.92 Å². The molecule has 0 unspecified atom stereocenters. The SMILES string of the molecule is COCCN(C)Cc1ccc(CC2CCN(C(=O)Cc3cccnc3)CC2)cc1. The first kappa shape index (κ1) is 21.5. The summed E-state index contributed by atoms with van der Waals surface area (Å²) >= 11 is 0. The van der Waals surface area contributed by atoms with Gasteiger partial charge in [-0.05, 0) is 55.0 Å². The van der Waals surface area contributed by atoms with Gasteiger partial charge in [0.05, 0.1) is 13.0 Å². The van der Waals surface area contributed by atoms with Crippen LogP contribution in [0.3, 0.4) is 0 Å². The Morgan fingerprint density at radius 2 is 1.86 bits per heavy atom. The van der Waals surface area contributed by atoms with Crippen LogP contribution in [0.1, 0.15) is 29.5 Å². The summed E-state index contributed by atoms with van der Waals surface area (Å²) in [6.07, 6.45) is 7.25.